The molecule has 0 radical (unpaired) electrons. The van der Waals surface area contributed by atoms with Crippen LogP contribution in [0.25, 0.3) is 0 Å². The SMILES string of the molecule is CC(=O)OC1=CC(OC(C)=O)C(C=CC(=O)c2ccccc2)C(OC(C)=O)=C1. The van der Waals surface area contributed by atoms with Gasteiger partial charge in [-0.15, -0.1) is 0 Å². The molecule has 0 saturated carbocycles. The highest BCUT2D eigenvalue weighted by atomic mass is 16.6. The van der Waals surface area contributed by atoms with Gasteiger partial charge in [-0.1, -0.05) is 36.4 Å². The second-order valence-corrected chi connectivity index (χ2v) is 5.99. The van der Waals surface area contributed by atoms with E-state index in [1.807, 2.05) is 0 Å². The minimum atomic E-state index is -0.925. The minimum absolute atomic E-state index is 0.0778. The second-order valence-electron chi connectivity index (χ2n) is 5.99. The van der Waals surface area contributed by atoms with Crippen LogP contribution < -0.4 is 0 Å². The summed E-state index contributed by atoms with van der Waals surface area (Å²) >= 11 is 0. The smallest absolute Gasteiger partial charge is 0.308 e. The highest BCUT2D eigenvalue weighted by molar-refractivity contribution is 6.04. The standard InChI is InChI=1S/C21H20O7/c1-13(22)26-17-11-20(27-14(2)23)18(21(12-17)28-15(3)24)9-10-19(25)16-7-5-4-6-8-16/h4-12,18,20H,1-3H3. The van der Waals surface area contributed by atoms with E-state index in [4.69, 9.17) is 14.2 Å². The van der Waals surface area contributed by atoms with Crippen LogP contribution in [-0.2, 0) is 28.6 Å². The number of rotatable bonds is 6. The van der Waals surface area contributed by atoms with Crippen molar-refractivity contribution >= 4 is 23.7 Å². The molecule has 0 N–H and O–H groups in total. The molecule has 2 unspecified atom stereocenters. The molecule has 7 heteroatoms. The highest BCUT2D eigenvalue weighted by Crippen LogP contribution is 2.30. The van der Waals surface area contributed by atoms with Crippen molar-refractivity contribution < 1.29 is 33.4 Å². The Morgan fingerprint density at radius 2 is 1.54 bits per heavy atom. The summed E-state index contributed by atoms with van der Waals surface area (Å²) in [7, 11) is 0. The molecule has 2 atom stereocenters. The number of carbonyl (C=O) groups excluding carboxylic acids is 4. The van der Waals surface area contributed by atoms with Crippen molar-refractivity contribution in [2.45, 2.75) is 26.9 Å². The summed E-state index contributed by atoms with van der Waals surface area (Å²) in [6.07, 6.45) is 4.64. The first-order valence-electron chi connectivity index (χ1n) is 8.51. The molecule has 0 spiro atoms. The zero-order valence-electron chi connectivity index (χ0n) is 15.7. The molecule has 1 aromatic rings. The molecule has 1 aliphatic carbocycles. The zero-order chi connectivity index (χ0) is 20.7. The van der Waals surface area contributed by atoms with Gasteiger partial charge in [-0.3, -0.25) is 19.2 Å². The van der Waals surface area contributed by atoms with Crippen molar-refractivity contribution in [1.29, 1.82) is 0 Å². The monoisotopic (exact) mass is 384 g/mol. The predicted molar refractivity (Wildman–Crippen MR) is 98.7 cm³/mol. The van der Waals surface area contributed by atoms with Crippen LogP contribution in [0.3, 0.4) is 0 Å². The van der Waals surface area contributed by atoms with E-state index >= 15 is 0 Å². The summed E-state index contributed by atoms with van der Waals surface area (Å²) in [6, 6.07) is 8.60. The number of carbonyl (C=O) groups is 4. The first-order chi connectivity index (χ1) is 13.3. The maximum atomic E-state index is 12.3. The maximum absolute atomic E-state index is 12.3. The van der Waals surface area contributed by atoms with Crippen molar-refractivity contribution in [3.8, 4) is 0 Å². The minimum Gasteiger partial charge on any atom is -0.457 e. The van der Waals surface area contributed by atoms with Crippen LogP contribution in [0.2, 0.25) is 0 Å². The summed E-state index contributed by atoms with van der Waals surface area (Å²) in [5.41, 5.74) is 0.479. The summed E-state index contributed by atoms with van der Waals surface area (Å²) < 4.78 is 15.5. The van der Waals surface area contributed by atoms with Gasteiger partial charge in [-0.05, 0) is 6.08 Å². The Balaban J connectivity index is 2.36. The van der Waals surface area contributed by atoms with E-state index in [9.17, 15) is 19.2 Å². The van der Waals surface area contributed by atoms with Crippen molar-refractivity contribution in [2.75, 3.05) is 0 Å². The van der Waals surface area contributed by atoms with Gasteiger partial charge in [-0.2, -0.15) is 0 Å². The van der Waals surface area contributed by atoms with E-state index in [1.165, 1.54) is 45.1 Å². The molecular weight excluding hydrogens is 364 g/mol. The molecule has 0 amide bonds. The van der Waals surface area contributed by atoms with Crippen molar-refractivity contribution in [2.24, 2.45) is 5.92 Å². The molecular formula is C21H20O7. The topological polar surface area (TPSA) is 96.0 Å². The molecule has 0 aliphatic heterocycles. The molecule has 0 heterocycles. The molecule has 1 aromatic carbocycles. The fourth-order valence-corrected chi connectivity index (χ4v) is 2.60. The Kier molecular flexibility index (Phi) is 7.03. The maximum Gasteiger partial charge on any atom is 0.308 e. The first kappa shape index (κ1) is 20.8. The summed E-state index contributed by atoms with van der Waals surface area (Å²) in [5, 5.41) is 0. The lowest BCUT2D eigenvalue weighted by Gasteiger charge is -2.27. The van der Waals surface area contributed by atoms with Gasteiger partial charge in [0.15, 0.2) is 5.78 Å². The Morgan fingerprint density at radius 3 is 2.11 bits per heavy atom. The number of hydrogen-bond acceptors (Lipinski definition) is 7. The molecule has 1 aliphatic rings. The van der Waals surface area contributed by atoms with E-state index in [0.717, 1.165) is 0 Å². The number of allylic oxidation sites excluding steroid dienone is 2. The van der Waals surface area contributed by atoms with Crippen molar-refractivity contribution in [1.82, 2.24) is 0 Å². The van der Waals surface area contributed by atoms with Gasteiger partial charge in [0.05, 0.1) is 5.92 Å². The average molecular weight is 384 g/mol. The van der Waals surface area contributed by atoms with Crippen LogP contribution in [0.15, 0.2) is 66.2 Å². The molecule has 0 fully saturated rings. The van der Waals surface area contributed by atoms with Gasteiger partial charge in [0, 0.05) is 38.5 Å². The number of ether oxygens (including phenoxy) is 3. The number of ketones is 1. The molecule has 0 bridgehead atoms. The number of hydrogen-bond donors (Lipinski definition) is 0. The van der Waals surface area contributed by atoms with Crippen LogP contribution in [0.5, 0.6) is 0 Å². The van der Waals surface area contributed by atoms with E-state index in [1.54, 1.807) is 30.3 Å². The fraction of sp³-hybridized carbons (Fsp3) is 0.238. The van der Waals surface area contributed by atoms with Crippen LogP contribution in [0.4, 0.5) is 0 Å². The third-order valence-corrected chi connectivity index (χ3v) is 3.63. The largest absolute Gasteiger partial charge is 0.457 e. The first-order valence-corrected chi connectivity index (χ1v) is 8.51. The van der Waals surface area contributed by atoms with E-state index in [-0.39, 0.29) is 17.3 Å². The lowest BCUT2D eigenvalue weighted by Crippen LogP contribution is -2.29. The van der Waals surface area contributed by atoms with E-state index in [0.29, 0.717) is 5.56 Å². The lowest BCUT2D eigenvalue weighted by atomic mass is 9.93. The average Bonchev–Trinajstić information content (AvgIpc) is 2.60. The van der Waals surface area contributed by atoms with Gasteiger partial charge in [0.1, 0.15) is 17.6 Å². The molecule has 0 saturated heterocycles. The summed E-state index contributed by atoms with van der Waals surface area (Å²) in [6.45, 7) is 3.64. The molecule has 7 nitrogen and oxygen atoms in total. The number of benzene rings is 1. The van der Waals surface area contributed by atoms with Crippen LogP contribution in [0.1, 0.15) is 31.1 Å². The zero-order valence-corrected chi connectivity index (χ0v) is 15.7. The molecule has 28 heavy (non-hydrogen) atoms. The molecule has 0 aromatic heterocycles. The van der Waals surface area contributed by atoms with E-state index in [2.05, 4.69) is 0 Å². The van der Waals surface area contributed by atoms with Crippen molar-refractivity contribution in [3.63, 3.8) is 0 Å². The lowest BCUT2D eigenvalue weighted by molar-refractivity contribution is -0.146. The van der Waals surface area contributed by atoms with Crippen LogP contribution in [-0.4, -0.2) is 29.8 Å². The summed E-state index contributed by atoms with van der Waals surface area (Å²) in [5.74, 6) is -2.62. The fourth-order valence-electron chi connectivity index (χ4n) is 2.60. The summed E-state index contributed by atoms with van der Waals surface area (Å²) in [4.78, 5) is 46.6. The van der Waals surface area contributed by atoms with Gasteiger partial charge < -0.3 is 14.2 Å². The van der Waals surface area contributed by atoms with E-state index < -0.39 is 29.9 Å². The Bertz CT molecular complexity index is 862. The normalized spacial score (nSPS) is 18.7. The third kappa shape index (κ3) is 6.05. The van der Waals surface area contributed by atoms with Gasteiger partial charge in [0.2, 0.25) is 0 Å². The Morgan fingerprint density at radius 1 is 0.893 bits per heavy atom. The van der Waals surface area contributed by atoms with Gasteiger partial charge in [-0.25, -0.2) is 0 Å². The highest BCUT2D eigenvalue weighted by Gasteiger charge is 2.31. The number of esters is 3. The molecule has 2 rings (SSSR count). The second kappa shape index (κ2) is 9.45. The quantitative estimate of drug-likeness (QED) is 0.322. The third-order valence-electron chi connectivity index (χ3n) is 3.63. The van der Waals surface area contributed by atoms with Crippen LogP contribution >= 0.6 is 0 Å². The Hall–Kier alpha value is -3.48. The van der Waals surface area contributed by atoms with Gasteiger partial charge in [0.25, 0.3) is 0 Å². The molecule has 146 valence electrons. The van der Waals surface area contributed by atoms with Gasteiger partial charge >= 0.3 is 17.9 Å². The predicted octanol–water partition coefficient (Wildman–Crippen LogP) is 2.88. The Labute approximate surface area is 162 Å². The van der Waals surface area contributed by atoms with Crippen molar-refractivity contribution in [3.05, 3.63) is 71.7 Å². The van der Waals surface area contributed by atoms with Crippen LogP contribution in [0, 0.1) is 5.92 Å².